The lowest BCUT2D eigenvalue weighted by Crippen LogP contribution is -2.51. The van der Waals surface area contributed by atoms with Crippen molar-refractivity contribution in [2.24, 2.45) is 0 Å². The summed E-state index contributed by atoms with van der Waals surface area (Å²) in [6.07, 6.45) is 4.02. The van der Waals surface area contributed by atoms with Gasteiger partial charge in [-0.15, -0.1) is 5.10 Å². The minimum atomic E-state index is -0.902. The molecule has 1 N–H and O–H groups in total. The summed E-state index contributed by atoms with van der Waals surface area (Å²) in [7, 11) is 0. The molecule has 2 aromatic carbocycles. The van der Waals surface area contributed by atoms with Crippen LogP contribution in [0, 0.1) is 13.8 Å². The Balaban J connectivity index is 1.86. The number of carbonyl (C=O) groups is 2. The summed E-state index contributed by atoms with van der Waals surface area (Å²) in [6, 6.07) is 16.0. The molecular weight excluding hydrogens is 452 g/mol. The van der Waals surface area contributed by atoms with Gasteiger partial charge in [0.2, 0.25) is 11.8 Å². The lowest BCUT2D eigenvalue weighted by atomic mass is 9.97. The molecule has 0 bridgehead atoms. The van der Waals surface area contributed by atoms with E-state index in [0.29, 0.717) is 16.8 Å². The smallest absolute Gasteiger partial charge is 0.249 e. The molecule has 0 aliphatic rings. The third-order valence-corrected chi connectivity index (χ3v) is 6.53. The number of para-hydroxylation sites is 2. The van der Waals surface area contributed by atoms with Gasteiger partial charge >= 0.3 is 0 Å². The van der Waals surface area contributed by atoms with Gasteiger partial charge in [-0.1, -0.05) is 42.5 Å². The molecule has 0 radical (unpaired) electrons. The highest BCUT2D eigenvalue weighted by molar-refractivity contribution is 6.02. The van der Waals surface area contributed by atoms with Crippen LogP contribution in [0.2, 0.25) is 0 Å². The van der Waals surface area contributed by atoms with Crippen LogP contribution < -0.4 is 10.2 Å². The molecule has 0 spiro atoms. The minimum absolute atomic E-state index is 0.0691. The number of aromatic nitrogens is 4. The maximum absolute atomic E-state index is 14.2. The predicted octanol–water partition coefficient (Wildman–Crippen LogP) is 4.52. The fourth-order valence-electron chi connectivity index (χ4n) is 4.28. The molecule has 0 aliphatic heterocycles. The van der Waals surface area contributed by atoms with E-state index in [4.69, 9.17) is 0 Å². The number of aryl methyl sites for hydroxylation is 2. The first-order valence-electron chi connectivity index (χ1n) is 12.1. The molecule has 0 unspecified atom stereocenters. The van der Waals surface area contributed by atoms with Gasteiger partial charge in [-0.25, -0.2) is 4.68 Å². The van der Waals surface area contributed by atoms with Gasteiger partial charge in [-0.2, -0.15) is 0 Å². The molecule has 186 valence electrons. The van der Waals surface area contributed by atoms with E-state index in [1.54, 1.807) is 34.1 Å². The number of pyridine rings is 1. The highest BCUT2D eigenvalue weighted by Crippen LogP contribution is 2.34. The molecule has 0 saturated carbocycles. The van der Waals surface area contributed by atoms with Crippen LogP contribution in [0.25, 0.3) is 11.0 Å². The van der Waals surface area contributed by atoms with Crippen molar-refractivity contribution < 1.29 is 9.59 Å². The predicted molar refractivity (Wildman–Crippen MR) is 140 cm³/mol. The van der Waals surface area contributed by atoms with Gasteiger partial charge in [0.25, 0.3) is 0 Å². The Bertz CT molecular complexity index is 1360. The van der Waals surface area contributed by atoms with Crippen LogP contribution in [0.3, 0.4) is 0 Å². The molecule has 2 amide bonds. The van der Waals surface area contributed by atoms with E-state index in [1.165, 1.54) is 0 Å². The fourth-order valence-corrected chi connectivity index (χ4v) is 4.28. The van der Waals surface area contributed by atoms with Crippen molar-refractivity contribution in [3.63, 3.8) is 0 Å². The molecule has 0 aliphatic carbocycles. The zero-order valence-corrected chi connectivity index (χ0v) is 21.4. The van der Waals surface area contributed by atoms with E-state index in [0.717, 1.165) is 23.1 Å². The molecule has 4 rings (SSSR count). The average molecular weight is 485 g/mol. The van der Waals surface area contributed by atoms with Crippen molar-refractivity contribution in [2.75, 3.05) is 4.90 Å². The number of nitrogens with one attached hydrogen (secondary N) is 1. The molecule has 4 aromatic rings. The molecule has 2 heterocycles. The van der Waals surface area contributed by atoms with Crippen LogP contribution in [-0.2, 0) is 16.1 Å². The Hall–Kier alpha value is -4.07. The first-order valence-corrected chi connectivity index (χ1v) is 12.1. The second kappa shape index (κ2) is 10.3. The average Bonchev–Trinajstić information content (AvgIpc) is 3.26. The number of carbonyl (C=O) groups excluding carboxylic acids is 2. The van der Waals surface area contributed by atoms with Crippen LogP contribution >= 0.6 is 0 Å². The fraction of sp³-hybridized carbons (Fsp3) is 0.321. The molecule has 0 saturated heterocycles. The maximum atomic E-state index is 14.2. The first kappa shape index (κ1) is 25.0. The quantitative estimate of drug-likeness (QED) is 0.397. The van der Waals surface area contributed by atoms with E-state index in [2.05, 4.69) is 20.6 Å². The highest BCUT2D eigenvalue weighted by Gasteiger charge is 2.36. The number of benzene rings is 2. The number of rotatable bonds is 8. The second-order valence-corrected chi connectivity index (χ2v) is 9.65. The van der Waals surface area contributed by atoms with Gasteiger partial charge in [0.05, 0.1) is 11.2 Å². The van der Waals surface area contributed by atoms with Crippen molar-refractivity contribution >= 4 is 28.5 Å². The van der Waals surface area contributed by atoms with E-state index in [1.807, 2.05) is 77.1 Å². The topological polar surface area (TPSA) is 93.0 Å². The lowest BCUT2D eigenvalue weighted by Gasteiger charge is -2.36. The Labute approximate surface area is 211 Å². The number of nitrogens with zero attached hydrogens (tertiary/aromatic N) is 5. The number of anilines is 1. The van der Waals surface area contributed by atoms with Crippen molar-refractivity contribution in [3.8, 4) is 0 Å². The summed E-state index contributed by atoms with van der Waals surface area (Å²) in [5.41, 5.74) is 4.19. The third-order valence-electron chi connectivity index (χ3n) is 6.53. The zero-order chi connectivity index (χ0) is 25.9. The van der Waals surface area contributed by atoms with Gasteiger partial charge < -0.3 is 5.32 Å². The van der Waals surface area contributed by atoms with Gasteiger partial charge in [-0.05, 0) is 75.1 Å². The zero-order valence-electron chi connectivity index (χ0n) is 21.4. The number of amides is 2. The monoisotopic (exact) mass is 484 g/mol. The van der Waals surface area contributed by atoms with Crippen molar-refractivity contribution in [1.29, 1.82) is 0 Å². The van der Waals surface area contributed by atoms with Gasteiger partial charge in [-0.3, -0.25) is 19.5 Å². The number of hydrogen-bond acceptors (Lipinski definition) is 5. The van der Waals surface area contributed by atoms with Crippen molar-refractivity contribution in [3.05, 3.63) is 83.7 Å². The summed E-state index contributed by atoms with van der Waals surface area (Å²) >= 11 is 0. The van der Waals surface area contributed by atoms with Gasteiger partial charge in [0.1, 0.15) is 18.1 Å². The molecule has 0 fully saturated rings. The number of hydrogen-bond donors (Lipinski definition) is 1. The van der Waals surface area contributed by atoms with Crippen LogP contribution in [0.1, 0.15) is 49.9 Å². The summed E-state index contributed by atoms with van der Waals surface area (Å²) in [5.74, 6) is -0.526. The van der Waals surface area contributed by atoms with Crippen LogP contribution in [0.4, 0.5) is 5.69 Å². The molecular formula is C28H32N6O2. The first-order chi connectivity index (χ1) is 17.2. The Morgan fingerprint density at radius 2 is 1.67 bits per heavy atom. The largest absolute Gasteiger partial charge is 0.349 e. The van der Waals surface area contributed by atoms with E-state index in [9.17, 15) is 9.59 Å². The molecule has 2 aromatic heterocycles. The third kappa shape index (κ3) is 5.12. The lowest BCUT2D eigenvalue weighted by molar-refractivity contribution is -0.128. The van der Waals surface area contributed by atoms with E-state index >= 15 is 0 Å². The molecule has 1 atom stereocenters. The second-order valence-electron chi connectivity index (χ2n) is 9.65. The Morgan fingerprint density at radius 3 is 2.33 bits per heavy atom. The Morgan fingerprint density at radius 1 is 1.00 bits per heavy atom. The summed E-state index contributed by atoms with van der Waals surface area (Å²) in [6.45, 7) is 9.80. The summed E-state index contributed by atoms with van der Waals surface area (Å²) in [4.78, 5) is 33.8. The van der Waals surface area contributed by atoms with Crippen LogP contribution in [-0.4, -0.2) is 37.3 Å². The minimum Gasteiger partial charge on any atom is -0.349 e. The molecule has 8 heteroatoms. The summed E-state index contributed by atoms with van der Waals surface area (Å²) in [5, 5.41) is 11.6. The Kier molecular flexibility index (Phi) is 7.15. The normalized spacial score (nSPS) is 12.4. The van der Waals surface area contributed by atoms with Gasteiger partial charge in [0.15, 0.2) is 0 Å². The van der Waals surface area contributed by atoms with Gasteiger partial charge in [0, 0.05) is 17.9 Å². The molecule has 36 heavy (non-hydrogen) atoms. The number of fused-ring (bicyclic) bond motifs is 1. The molecule has 8 nitrogen and oxygen atoms in total. The van der Waals surface area contributed by atoms with Crippen LogP contribution in [0.5, 0.6) is 0 Å². The SMILES string of the molecule is CCC(C)(C)NC(=O)[C@H](c1ccncc1)N(C(=O)Cn1nnc2ccccc21)c1c(C)cccc1C. The maximum Gasteiger partial charge on any atom is 0.249 e. The van der Waals surface area contributed by atoms with Crippen molar-refractivity contribution in [2.45, 2.75) is 59.2 Å². The summed E-state index contributed by atoms with van der Waals surface area (Å²) < 4.78 is 1.58. The van der Waals surface area contributed by atoms with E-state index in [-0.39, 0.29) is 18.4 Å². The van der Waals surface area contributed by atoms with Crippen molar-refractivity contribution in [1.82, 2.24) is 25.3 Å². The highest BCUT2D eigenvalue weighted by atomic mass is 16.2. The van der Waals surface area contributed by atoms with E-state index < -0.39 is 11.6 Å². The van der Waals surface area contributed by atoms with Crippen LogP contribution in [0.15, 0.2) is 67.0 Å². The standard InChI is InChI=1S/C28H32N6O2/c1-6-28(4,5)30-27(36)26(21-14-16-29-17-15-21)34(25-19(2)10-9-11-20(25)3)24(35)18-33-23-13-8-7-12-22(23)31-32-33/h7-17,26H,6,18H2,1-5H3,(H,30,36)/t26-/m0/s1.